The van der Waals surface area contributed by atoms with Crippen LogP contribution in [0.2, 0.25) is 0 Å². The molecule has 0 unspecified atom stereocenters. The molecular formula is C14H17N3OS. The molecule has 0 spiro atoms. The number of anilines is 1. The van der Waals surface area contributed by atoms with Crippen LogP contribution >= 0.6 is 11.8 Å². The van der Waals surface area contributed by atoms with Crippen LogP contribution in [0.3, 0.4) is 0 Å². The molecule has 0 aliphatic heterocycles. The molecule has 0 radical (unpaired) electrons. The lowest BCUT2D eigenvalue weighted by atomic mass is 10.1. The van der Waals surface area contributed by atoms with Crippen LogP contribution in [-0.2, 0) is 18.3 Å². The van der Waals surface area contributed by atoms with Crippen LogP contribution in [0, 0.1) is 6.92 Å². The Morgan fingerprint density at radius 3 is 2.79 bits per heavy atom. The zero-order chi connectivity index (χ0) is 13.8. The average molecular weight is 275 g/mol. The van der Waals surface area contributed by atoms with Crippen LogP contribution in [-0.4, -0.2) is 21.9 Å². The van der Waals surface area contributed by atoms with E-state index in [0.717, 1.165) is 22.0 Å². The molecule has 2 aromatic rings. The van der Waals surface area contributed by atoms with Crippen LogP contribution in [0.25, 0.3) is 0 Å². The second-order valence-corrected chi connectivity index (χ2v) is 5.18. The molecule has 1 heterocycles. The minimum atomic E-state index is -0.0236. The summed E-state index contributed by atoms with van der Waals surface area (Å²) < 4.78 is 1.67. The second kappa shape index (κ2) is 5.93. The van der Waals surface area contributed by atoms with Crippen molar-refractivity contribution >= 4 is 23.5 Å². The van der Waals surface area contributed by atoms with Gasteiger partial charge in [-0.15, -0.1) is 11.8 Å². The molecule has 1 aromatic heterocycles. The molecule has 2 rings (SSSR count). The minimum absolute atomic E-state index is 0.0236. The van der Waals surface area contributed by atoms with E-state index >= 15 is 0 Å². The molecular weight excluding hydrogens is 258 g/mol. The fourth-order valence-electron chi connectivity index (χ4n) is 1.94. The predicted octanol–water partition coefficient (Wildman–Crippen LogP) is 2.63. The number of carbonyl (C=O) groups excluding carboxylic acids is 1. The maximum absolute atomic E-state index is 12.1. The topological polar surface area (TPSA) is 46.9 Å². The SMILES string of the molecule is CSc1ccccc1CC(=O)Nc1cc(C)nn1C. The van der Waals surface area contributed by atoms with Gasteiger partial charge in [-0.1, -0.05) is 18.2 Å². The fourth-order valence-corrected chi connectivity index (χ4v) is 2.55. The van der Waals surface area contributed by atoms with Gasteiger partial charge in [0.1, 0.15) is 5.82 Å². The highest BCUT2D eigenvalue weighted by atomic mass is 32.2. The maximum Gasteiger partial charge on any atom is 0.229 e. The molecule has 19 heavy (non-hydrogen) atoms. The van der Waals surface area contributed by atoms with Crippen molar-refractivity contribution in [3.8, 4) is 0 Å². The van der Waals surface area contributed by atoms with Gasteiger partial charge in [-0.05, 0) is 24.8 Å². The monoisotopic (exact) mass is 275 g/mol. The van der Waals surface area contributed by atoms with E-state index in [-0.39, 0.29) is 5.91 Å². The van der Waals surface area contributed by atoms with Crippen molar-refractivity contribution in [1.82, 2.24) is 9.78 Å². The Kier molecular flexibility index (Phi) is 4.27. The molecule has 100 valence electrons. The number of aryl methyl sites for hydroxylation is 2. The average Bonchev–Trinajstić information content (AvgIpc) is 2.68. The third kappa shape index (κ3) is 3.38. The first-order chi connectivity index (χ1) is 9.10. The summed E-state index contributed by atoms with van der Waals surface area (Å²) in [5.41, 5.74) is 1.94. The molecule has 0 atom stereocenters. The Bertz CT molecular complexity index is 592. The van der Waals surface area contributed by atoms with Gasteiger partial charge < -0.3 is 5.32 Å². The van der Waals surface area contributed by atoms with Gasteiger partial charge in [0, 0.05) is 18.0 Å². The number of nitrogens with zero attached hydrogens (tertiary/aromatic N) is 2. The van der Waals surface area contributed by atoms with Gasteiger partial charge in [0.25, 0.3) is 0 Å². The number of hydrogen-bond donors (Lipinski definition) is 1. The summed E-state index contributed by atoms with van der Waals surface area (Å²) in [6, 6.07) is 9.81. The Labute approximate surface area is 117 Å². The van der Waals surface area contributed by atoms with Crippen LogP contribution < -0.4 is 5.32 Å². The minimum Gasteiger partial charge on any atom is -0.311 e. The third-order valence-electron chi connectivity index (χ3n) is 2.81. The second-order valence-electron chi connectivity index (χ2n) is 4.33. The van der Waals surface area contributed by atoms with Gasteiger partial charge in [-0.25, -0.2) is 0 Å². The first-order valence-electron chi connectivity index (χ1n) is 6.02. The van der Waals surface area contributed by atoms with Gasteiger partial charge >= 0.3 is 0 Å². The van der Waals surface area contributed by atoms with Crippen molar-refractivity contribution < 1.29 is 4.79 Å². The van der Waals surface area contributed by atoms with Crippen molar-refractivity contribution in [2.75, 3.05) is 11.6 Å². The Morgan fingerprint density at radius 2 is 2.16 bits per heavy atom. The van der Waals surface area contributed by atoms with Gasteiger partial charge in [0.2, 0.25) is 5.91 Å². The van der Waals surface area contributed by atoms with Crippen molar-refractivity contribution in [3.63, 3.8) is 0 Å². The van der Waals surface area contributed by atoms with Crippen LogP contribution in [0.15, 0.2) is 35.2 Å². The summed E-state index contributed by atoms with van der Waals surface area (Å²) >= 11 is 1.65. The number of thioether (sulfide) groups is 1. The number of hydrogen-bond acceptors (Lipinski definition) is 3. The van der Waals surface area contributed by atoms with Crippen LogP contribution in [0.5, 0.6) is 0 Å². The molecule has 1 amide bonds. The lowest BCUT2D eigenvalue weighted by Crippen LogP contribution is -2.17. The number of rotatable bonds is 4. The largest absolute Gasteiger partial charge is 0.311 e. The van der Waals surface area contributed by atoms with E-state index in [0.29, 0.717) is 6.42 Å². The molecule has 5 heteroatoms. The van der Waals surface area contributed by atoms with Crippen molar-refractivity contribution in [2.45, 2.75) is 18.2 Å². The molecule has 0 saturated carbocycles. The van der Waals surface area contributed by atoms with E-state index in [1.807, 2.05) is 50.6 Å². The molecule has 0 bridgehead atoms. The molecule has 0 aliphatic carbocycles. The van der Waals surface area contributed by atoms with Crippen LogP contribution in [0.4, 0.5) is 5.82 Å². The summed E-state index contributed by atoms with van der Waals surface area (Å²) in [5, 5.41) is 7.09. The van der Waals surface area contributed by atoms with E-state index < -0.39 is 0 Å². The summed E-state index contributed by atoms with van der Waals surface area (Å²) in [6.07, 6.45) is 2.39. The number of carbonyl (C=O) groups is 1. The van der Waals surface area contributed by atoms with E-state index in [4.69, 9.17) is 0 Å². The van der Waals surface area contributed by atoms with Crippen molar-refractivity contribution in [3.05, 3.63) is 41.6 Å². The van der Waals surface area contributed by atoms with Crippen molar-refractivity contribution in [2.24, 2.45) is 7.05 Å². The molecule has 1 N–H and O–H groups in total. The van der Waals surface area contributed by atoms with Gasteiger partial charge in [0.05, 0.1) is 12.1 Å². The van der Waals surface area contributed by atoms with E-state index in [2.05, 4.69) is 10.4 Å². The highest BCUT2D eigenvalue weighted by Crippen LogP contribution is 2.20. The summed E-state index contributed by atoms with van der Waals surface area (Å²) in [7, 11) is 1.82. The maximum atomic E-state index is 12.1. The first kappa shape index (κ1) is 13.7. The smallest absolute Gasteiger partial charge is 0.229 e. The number of aromatic nitrogens is 2. The standard InChI is InChI=1S/C14H17N3OS/c1-10-8-13(17(2)16-10)15-14(18)9-11-6-4-5-7-12(11)19-3/h4-8H,9H2,1-3H3,(H,15,18). The third-order valence-corrected chi connectivity index (χ3v) is 3.65. The number of amides is 1. The Balaban J connectivity index is 2.07. The quantitative estimate of drug-likeness (QED) is 0.873. The first-order valence-corrected chi connectivity index (χ1v) is 7.25. The molecule has 0 fully saturated rings. The fraction of sp³-hybridized carbons (Fsp3) is 0.286. The highest BCUT2D eigenvalue weighted by Gasteiger charge is 2.10. The van der Waals surface area contributed by atoms with Crippen molar-refractivity contribution in [1.29, 1.82) is 0 Å². The molecule has 1 aromatic carbocycles. The van der Waals surface area contributed by atoms with Crippen LogP contribution in [0.1, 0.15) is 11.3 Å². The van der Waals surface area contributed by atoms with E-state index in [1.165, 1.54) is 0 Å². The molecule has 0 aliphatic rings. The predicted molar refractivity (Wildman–Crippen MR) is 78.5 cm³/mol. The summed E-state index contributed by atoms with van der Waals surface area (Å²) in [6.45, 7) is 1.90. The van der Waals surface area contributed by atoms with E-state index in [1.54, 1.807) is 16.4 Å². The summed E-state index contributed by atoms with van der Waals surface area (Å²) in [4.78, 5) is 13.2. The lowest BCUT2D eigenvalue weighted by Gasteiger charge is -2.08. The number of benzene rings is 1. The highest BCUT2D eigenvalue weighted by molar-refractivity contribution is 7.98. The summed E-state index contributed by atoms with van der Waals surface area (Å²) in [5.74, 6) is 0.702. The number of nitrogens with one attached hydrogen (secondary N) is 1. The Morgan fingerprint density at radius 1 is 1.42 bits per heavy atom. The Hall–Kier alpha value is -1.75. The van der Waals surface area contributed by atoms with Gasteiger partial charge in [-0.3, -0.25) is 9.48 Å². The molecule has 4 nitrogen and oxygen atoms in total. The lowest BCUT2D eigenvalue weighted by molar-refractivity contribution is -0.115. The zero-order valence-corrected chi connectivity index (χ0v) is 12.1. The molecule has 0 saturated heterocycles. The van der Waals surface area contributed by atoms with Gasteiger partial charge in [-0.2, -0.15) is 5.10 Å². The van der Waals surface area contributed by atoms with Gasteiger partial charge in [0.15, 0.2) is 0 Å². The zero-order valence-electron chi connectivity index (χ0n) is 11.3. The van der Waals surface area contributed by atoms with E-state index in [9.17, 15) is 4.79 Å². The normalized spacial score (nSPS) is 10.5.